The van der Waals surface area contributed by atoms with Crippen molar-refractivity contribution in [1.29, 1.82) is 0 Å². The van der Waals surface area contributed by atoms with E-state index in [0.717, 1.165) is 0 Å². The summed E-state index contributed by atoms with van der Waals surface area (Å²) in [4.78, 5) is 86.9. The van der Waals surface area contributed by atoms with E-state index in [0.29, 0.717) is 22.3 Å². The summed E-state index contributed by atoms with van der Waals surface area (Å²) in [5.41, 5.74) is -2.49. The minimum absolute atomic E-state index is 0.0801. The van der Waals surface area contributed by atoms with Crippen LogP contribution in [0.5, 0.6) is 11.5 Å². The van der Waals surface area contributed by atoms with Gasteiger partial charge in [0.15, 0.2) is 0 Å². The molecule has 0 radical (unpaired) electrons. The van der Waals surface area contributed by atoms with Gasteiger partial charge in [-0.1, -0.05) is 13.2 Å². The molecular formula is C46H60N2O12. The van der Waals surface area contributed by atoms with Crippen LogP contribution in [0.15, 0.2) is 49.6 Å². The highest BCUT2D eigenvalue weighted by atomic mass is 16.8. The summed E-state index contributed by atoms with van der Waals surface area (Å²) in [5, 5.41) is 20.9. The Morgan fingerprint density at radius 2 is 0.917 bits per heavy atom. The summed E-state index contributed by atoms with van der Waals surface area (Å²) in [6.45, 7) is 27.9. The standard InChI is InChI=1S/C46H60N2O12/c1-15-34(49)47-42(7,8)21-32(22-43(47,9)10)57-36(51)25-46(59-39(54)30-17-26(3)37(52)27(4)18-30,60-40(55)31-19-28(5)38(53)29(6)20-31)41(56)58-33-23-44(11,12)48(35(50)16-2)45(13,14)24-33/h15-20,32-33,52-53H,1-2,21-25H2,3-14H3. The van der Waals surface area contributed by atoms with Gasteiger partial charge in [0.05, 0.1) is 11.1 Å². The Balaban J connectivity index is 1.85. The number of benzene rings is 2. The van der Waals surface area contributed by atoms with E-state index in [9.17, 15) is 39.0 Å². The molecule has 0 atom stereocenters. The number of aromatic hydroxyl groups is 2. The first-order valence-corrected chi connectivity index (χ1v) is 19.9. The lowest BCUT2D eigenvalue weighted by Gasteiger charge is -2.54. The summed E-state index contributed by atoms with van der Waals surface area (Å²) in [7, 11) is 0. The Labute approximate surface area is 352 Å². The molecule has 4 rings (SSSR count). The number of rotatable bonds is 11. The van der Waals surface area contributed by atoms with Crippen molar-refractivity contribution in [1.82, 2.24) is 9.80 Å². The summed E-state index contributed by atoms with van der Waals surface area (Å²) >= 11 is 0. The van der Waals surface area contributed by atoms with Gasteiger partial charge < -0.3 is 39.0 Å². The third-order valence-electron chi connectivity index (χ3n) is 11.3. The SMILES string of the molecule is C=CC(=O)N1C(C)(C)CC(OC(=O)CC(OC(=O)c2cc(C)c(O)c(C)c2)(OC(=O)c2cc(C)c(O)c(C)c2)C(=O)OC2CC(C)(C)N(C(=O)C=C)C(C)(C)C2)CC1(C)C. The quantitative estimate of drug-likeness (QED) is 0.103. The van der Waals surface area contributed by atoms with Gasteiger partial charge in [-0.15, -0.1) is 0 Å². The van der Waals surface area contributed by atoms with Crippen LogP contribution in [0.4, 0.5) is 0 Å². The highest BCUT2D eigenvalue weighted by Crippen LogP contribution is 2.43. The predicted octanol–water partition coefficient (Wildman–Crippen LogP) is 6.99. The number of esters is 4. The van der Waals surface area contributed by atoms with Crippen molar-refractivity contribution in [3.05, 3.63) is 83.0 Å². The Bertz CT molecular complexity index is 1960. The largest absolute Gasteiger partial charge is 0.507 e. The second-order valence-corrected chi connectivity index (χ2v) is 18.6. The van der Waals surface area contributed by atoms with Crippen molar-refractivity contribution in [2.24, 2.45) is 0 Å². The van der Waals surface area contributed by atoms with Crippen molar-refractivity contribution in [2.45, 2.75) is 155 Å². The number of hydrogen-bond donors (Lipinski definition) is 2. The van der Waals surface area contributed by atoms with Crippen molar-refractivity contribution in [3.63, 3.8) is 0 Å². The van der Waals surface area contributed by atoms with E-state index in [1.54, 1.807) is 65.2 Å². The molecule has 0 aromatic heterocycles. The van der Waals surface area contributed by atoms with Gasteiger partial charge in [-0.3, -0.25) is 14.4 Å². The average Bonchev–Trinajstić information content (AvgIpc) is 3.09. The van der Waals surface area contributed by atoms with Crippen molar-refractivity contribution >= 4 is 35.7 Å². The molecule has 0 bridgehead atoms. The van der Waals surface area contributed by atoms with Gasteiger partial charge in [0.1, 0.15) is 30.1 Å². The first-order valence-electron chi connectivity index (χ1n) is 19.9. The van der Waals surface area contributed by atoms with E-state index in [1.807, 2.05) is 27.7 Å². The number of phenolic OH excluding ortho intramolecular Hbond substituents is 2. The number of nitrogens with zero attached hydrogens (tertiary/aromatic N) is 2. The first kappa shape index (κ1) is 47.0. The van der Waals surface area contributed by atoms with Gasteiger partial charge in [0.2, 0.25) is 11.8 Å². The third kappa shape index (κ3) is 9.69. The van der Waals surface area contributed by atoms with Crippen LogP contribution in [0.3, 0.4) is 0 Å². The molecule has 2 fully saturated rings. The normalized spacial score (nSPS) is 18.5. The van der Waals surface area contributed by atoms with Gasteiger partial charge in [0, 0.05) is 47.8 Å². The maximum Gasteiger partial charge on any atom is 0.394 e. The molecule has 0 unspecified atom stereocenters. The number of likely N-dealkylation sites (tertiary alicyclic amines) is 2. The van der Waals surface area contributed by atoms with Gasteiger partial charge in [-0.25, -0.2) is 14.4 Å². The van der Waals surface area contributed by atoms with Crippen LogP contribution in [0.25, 0.3) is 0 Å². The fourth-order valence-corrected chi connectivity index (χ4v) is 9.39. The van der Waals surface area contributed by atoms with Crippen molar-refractivity contribution < 1.29 is 57.9 Å². The van der Waals surface area contributed by atoms with Crippen molar-refractivity contribution in [3.8, 4) is 11.5 Å². The zero-order valence-electron chi connectivity index (χ0n) is 36.9. The average molecular weight is 833 g/mol. The van der Waals surface area contributed by atoms with Crippen LogP contribution in [-0.4, -0.2) is 95.9 Å². The molecule has 2 amide bonds. The minimum Gasteiger partial charge on any atom is -0.507 e. The fourth-order valence-electron chi connectivity index (χ4n) is 9.39. The van der Waals surface area contributed by atoms with E-state index < -0.39 is 70.4 Å². The van der Waals surface area contributed by atoms with E-state index in [4.69, 9.17) is 18.9 Å². The molecule has 2 aliphatic heterocycles. The van der Waals surface area contributed by atoms with E-state index in [2.05, 4.69) is 13.2 Å². The second-order valence-electron chi connectivity index (χ2n) is 18.6. The van der Waals surface area contributed by atoms with Gasteiger partial charge in [-0.2, -0.15) is 0 Å². The number of carbonyl (C=O) groups excluding carboxylic acids is 6. The summed E-state index contributed by atoms with van der Waals surface area (Å²) in [6, 6.07) is 5.25. The predicted molar refractivity (Wildman–Crippen MR) is 222 cm³/mol. The molecule has 0 aliphatic carbocycles. The van der Waals surface area contributed by atoms with Gasteiger partial charge in [-0.05, 0) is 142 Å². The molecule has 2 N–H and O–H groups in total. The smallest absolute Gasteiger partial charge is 0.394 e. The van der Waals surface area contributed by atoms with Crippen LogP contribution < -0.4 is 0 Å². The minimum atomic E-state index is -3.10. The maximum absolute atomic E-state index is 14.9. The molecule has 14 heteroatoms. The van der Waals surface area contributed by atoms with Crippen LogP contribution in [-0.2, 0) is 38.1 Å². The lowest BCUT2D eigenvalue weighted by molar-refractivity contribution is -0.226. The van der Waals surface area contributed by atoms with Crippen LogP contribution in [0.1, 0.15) is 130 Å². The van der Waals surface area contributed by atoms with E-state index in [1.165, 1.54) is 36.4 Å². The number of ether oxygens (including phenoxy) is 4. The van der Waals surface area contributed by atoms with Crippen LogP contribution in [0.2, 0.25) is 0 Å². The molecule has 326 valence electrons. The van der Waals surface area contributed by atoms with E-state index >= 15 is 0 Å². The van der Waals surface area contributed by atoms with Crippen LogP contribution >= 0.6 is 0 Å². The first-order chi connectivity index (χ1) is 27.5. The Morgan fingerprint density at radius 3 is 1.22 bits per heavy atom. The highest BCUT2D eigenvalue weighted by Gasteiger charge is 2.56. The molecule has 2 saturated heterocycles. The molecule has 60 heavy (non-hydrogen) atoms. The maximum atomic E-state index is 14.9. The molecule has 0 saturated carbocycles. The topological polar surface area (TPSA) is 186 Å². The molecule has 2 aromatic carbocycles. The summed E-state index contributed by atoms with van der Waals surface area (Å²) in [6.07, 6.45) is 0.0778. The molecule has 2 heterocycles. The Morgan fingerprint density at radius 1 is 0.617 bits per heavy atom. The number of amides is 2. The number of hydrogen-bond acceptors (Lipinski definition) is 12. The lowest BCUT2D eigenvalue weighted by atomic mass is 9.78. The highest BCUT2D eigenvalue weighted by molar-refractivity contribution is 5.98. The molecule has 2 aromatic rings. The second kappa shape index (κ2) is 16.8. The fraction of sp³-hybridized carbons (Fsp3) is 0.522. The van der Waals surface area contributed by atoms with Gasteiger partial charge in [0.25, 0.3) is 0 Å². The number of piperidine rings is 2. The molecule has 0 spiro atoms. The lowest BCUT2D eigenvalue weighted by Crippen LogP contribution is -2.64. The zero-order valence-corrected chi connectivity index (χ0v) is 36.9. The number of carbonyl (C=O) groups is 6. The molecule has 2 aliphatic rings. The zero-order chi connectivity index (χ0) is 45.5. The van der Waals surface area contributed by atoms with Gasteiger partial charge >= 0.3 is 29.7 Å². The van der Waals surface area contributed by atoms with E-state index in [-0.39, 0.29) is 60.1 Å². The summed E-state index contributed by atoms with van der Waals surface area (Å²) < 4.78 is 23.9. The molecule has 14 nitrogen and oxygen atoms in total. The van der Waals surface area contributed by atoms with Crippen LogP contribution in [0, 0.1) is 27.7 Å². The summed E-state index contributed by atoms with van der Waals surface area (Å²) in [5.74, 6) is -8.77. The van der Waals surface area contributed by atoms with Crippen molar-refractivity contribution in [2.75, 3.05) is 0 Å². The Hall–Kier alpha value is -5.66. The molecular weight excluding hydrogens is 773 g/mol. The Kier molecular flexibility index (Phi) is 13.1. The third-order valence-corrected chi connectivity index (χ3v) is 11.3. The number of aryl methyl sites for hydroxylation is 4. The number of phenols is 2. The monoisotopic (exact) mass is 832 g/mol.